The maximum Gasteiger partial charge on any atom is 0.240 e. The van der Waals surface area contributed by atoms with Gasteiger partial charge in [0.15, 0.2) is 0 Å². The second-order valence-electron chi connectivity index (χ2n) is 5.72. The summed E-state index contributed by atoms with van der Waals surface area (Å²) in [5.41, 5.74) is 1.29. The minimum atomic E-state index is 0.0711. The van der Waals surface area contributed by atoms with Gasteiger partial charge in [-0.25, -0.2) is 0 Å². The molecule has 1 amide bonds. The molecule has 3 atom stereocenters. The first kappa shape index (κ1) is 12.2. The van der Waals surface area contributed by atoms with Crippen molar-refractivity contribution in [1.29, 1.82) is 0 Å². The van der Waals surface area contributed by atoms with Gasteiger partial charge in [-0.1, -0.05) is 0 Å². The zero-order valence-electron chi connectivity index (χ0n) is 10.8. The number of aryl methyl sites for hydroxylation is 1. The highest BCUT2D eigenvalue weighted by atomic mass is 32.2. The molecule has 3 aliphatic heterocycles. The van der Waals surface area contributed by atoms with Gasteiger partial charge in [0, 0.05) is 31.1 Å². The van der Waals surface area contributed by atoms with E-state index >= 15 is 0 Å². The number of carbonyl (C=O) groups excluding carboxylic acids is 1. The smallest absolute Gasteiger partial charge is 0.240 e. The topological polar surface area (TPSA) is 32.3 Å². The number of thiophene rings is 1. The largest absolute Gasteiger partial charge is 0.341 e. The molecule has 1 N–H and O–H groups in total. The molecule has 0 bridgehead atoms. The summed E-state index contributed by atoms with van der Waals surface area (Å²) in [6.45, 7) is 4.12. The lowest BCUT2D eigenvalue weighted by Crippen LogP contribution is -2.35. The van der Waals surface area contributed by atoms with Crippen LogP contribution in [0.25, 0.3) is 0 Å². The van der Waals surface area contributed by atoms with E-state index in [2.05, 4.69) is 21.7 Å². The van der Waals surface area contributed by atoms with Crippen LogP contribution in [0.3, 0.4) is 0 Å². The second kappa shape index (κ2) is 4.79. The van der Waals surface area contributed by atoms with E-state index in [9.17, 15) is 4.79 Å². The van der Waals surface area contributed by atoms with Gasteiger partial charge in [-0.3, -0.25) is 4.79 Å². The summed E-state index contributed by atoms with van der Waals surface area (Å²) in [6, 6.07) is 2.16. The monoisotopic (exact) mass is 294 g/mol. The molecule has 1 unspecified atom stereocenters. The zero-order chi connectivity index (χ0) is 12.8. The molecular weight excluding hydrogens is 276 g/mol. The van der Waals surface area contributed by atoms with Crippen molar-refractivity contribution in [1.82, 2.24) is 10.2 Å². The van der Waals surface area contributed by atoms with Crippen LogP contribution in [0.5, 0.6) is 0 Å². The second-order valence-corrected chi connectivity index (χ2v) is 7.94. The molecule has 0 saturated carbocycles. The fourth-order valence-electron chi connectivity index (χ4n) is 3.55. The van der Waals surface area contributed by atoms with Gasteiger partial charge in [-0.15, -0.1) is 23.1 Å². The van der Waals surface area contributed by atoms with Crippen molar-refractivity contribution >= 4 is 29.0 Å². The first-order valence-corrected chi connectivity index (χ1v) is 8.93. The van der Waals surface area contributed by atoms with Gasteiger partial charge in [0.25, 0.3) is 0 Å². The van der Waals surface area contributed by atoms with E-state index in [1.54, 1.807) is 0 Å². The van der Waals surface area contributed by atoms with E-state index in [-0.39, 0.29) is 5.25 Å². The molecule has 4 heterocycles. The van der Waals surface area contributed by atoms with Crippen LogP contribution in [0.1, 0.15) is 15.7 Å². The SMILES string of the molecule is O=C(C1SCCc2sccc21)N1C[C@H]2CNC[C@H]2C1. The van der Waals surface area contributed by atoms with Crippen LogP contribution in [-0.2, 0) is 11.2 Å². The summed E-state index contributed by atoms with van der Waals surface area (Å²) >= 11 is 3.65. The molecule has 2 saturated heterocycles. The third kappa shape index (κ3) is 2.03. The molecule has 0 aliphatic carbocycles. The minimum absolute atomic E-state index is 0.0711. The fraction of sp³-hybridized carbons (Fsp3) is 0.643. The zero-order valence-corrected chi connectivity index (χ0v) is 12.4. The van der Waals surface area contributed by atoms with E-state index in [4.69, 9.17) is 0 Å². The number of fused-ring (bicyclic) bond motifs is 2. The Morgan fingerprint density at radius 3 is 2.89 bits per heavy atom. The van der Waals surface area contributed by atoms with Gasteiger partial charge < -0.3 is 10.2 Å². The predicted octanol–water partition coefficient (Wildman–Crippen LogP) is 1.76. The van der Waals surface area contributed by atoms with Crippen molar-refractivity contribution in [3.8, 4) is 0 Å². The summed E-state index contributed by atoms with van der Waals surface area (Å²) in [4.78, 5) is 16.3. The van der Waals surface area contributed by atoms with Crippen LogP contribution in [-0.4, -0.2) is 42.7 Å². The minimum Gasteiger partial charge on any atom is -0.341 e. The molecule has 1 aromatic heterocycles. The van der Waals surface area contributed by atoms with Crippen LogP contribution in [0.2, 0.25) is 0 Å². The van der Waals surface area contributed by atoms with E-state index in [1.807, 2.05) is 23.1 Å². The lowest BCUT2D eigenvalue weighted by molar-refractivity contribution is -0.130. The highest BCUT2D eigenvalue weighted by Gasteiger charge is 2.41. The third-order valence-electron chi connectivity index (χ3n) is 4.60. The number of thioether (sulfide) groups is 1. The Morgan fingerprint density at radius 1 is 1.32 bits per heavy atom. The summed E-state index contributed by atoms with van der Waals surface area (Å²) in [5, 5.41) is 5.64. The molecular formula is C14H18N2OS2. The van der Waals surface area contributed by atoms with Crippen LogP contribution in [0.15, 0.2) is 11.4 Å². The quantitative estimate of drug-likeness (QED) is 0.856. The highest BCUT2D eigenvalue weighted by molar-refractivity contribution is 8.00. The summed E-state index contributed by atoms with van der Waals surface area (Å²) in [6.07, 6.45) is 1.14. The van der Waals surface area contributed by atoms with Crippen molar-refractivity contribution < 1.29 is 4.79 Å². The molecule has 5 heteroatoms. The van der Waals surface area contributed by atoms with Crippen molar-refractivity contribution in [2.45, 2.75) is 11.7 Å². The van der Waals surface area contributed by atoms with Gasteiger partial charge >= 0.3 is 0 Å². The lowest BCUT2D eigenvalue weighted by atomic mass is 10.0. The highest BCUT2D eigenvalue weighted by Crippen LogP contribution is 2.41. The molecule has 3 aliphatic rings. The van der Waals surface area contributed by atoms with Gasteiger partial charge in [0.2, 0.25) is 5.91 Å². The van der Waals surface area contributed by atoms with E-state index < -0.39 is 0 Å². The molecule has 0 aromatic carbocycles. The Hall–Kier alpha value is -0.520. The Labute approximate surface area is 121 Å². The number of amides is 1. The number of nitrogens with zero attached hydrogens (tertiary/aromatic N) is 1. The van der Waals surface area contributed by atoms with Gasteiger partial charge in [-0.05, 0) is 41.0 Å². The molecule has 0 radical (unpaired) electrons. The Kier molecular flexibility index (Phi) is 3.09. The number of carbonyl (C=O) groups is 1. The number of rotatable bonds is 1. The summed E-state index contributed by atoms with van der Waals surface area (Å²) < 4.78 is 0. The van der Waals surface area contributed by atoms with Crippen LogP contribution in [0, 0.1) is 11.8 Å². The third-order valence-corrected chi connectivity index (χ3v) is 6.83. The van der Waals surface area contributed by atoms with Crippen molar-refractivity contribution in [3.05, 3.63) is 21.9 Å². The molecule has 4 rings (SSSR count). The predicted molar refractivity (Wildman–Crippen MR) is 79.7 cm³/mol. The maximum absolute atomic E-state index is 12.8. The van der Waals surface area contributed by atoms with Crippen molar-refractivity contribution in [2.24, 2.45) is 11.8 Å². The lowest BCUT2D eigenvalue weighted by Gasteiger charge is -2.27. The standard InChI is InChI=1S/C14H18N2OS2/c17-14(16-7-9-5-15-6-10(9)8-16)13-11-1-3-18-12(11)2-4-19-13/h1,3,9-10,13,15H,2,4-8H2/t9-,10+,13?. The van der Waals surface area contributed by atoms with Crippen molar-refractivity contribution in [2.75, 3.05) is 31.9 Å². The van der Waals surface area contributed by atoms with E-state index in [1.165, 1.54) is 10.4 Å². The van der Waals surface area contributed by atoms with Crippen molar-refractivity contribution in [3.63, 3.8) is 0 Å². The summed E-state index contributed by atoms with van der Waals surface area (Å²) in [5.74, 6) is 2.84. The summed E-state index contributed by atoms with van der Waals surface area (Å²) in [7, 11) is 0. The van der Waals surface area contributed by atoms with Crippen LogP contribution in [0.4, 0.5) is 0 Å². The van der Waals surface area contributed by atoms with E-state index in [0.717, 1.165) is 38.4 Å². The fourth-order valence-corrected chi connectivity index (χ4v) is 5.93. The van der Waals surface area contributed by atoms with E-state index in [0.29, 0.717) is 17.7 Å². The first-order chi connectivity index (χ1) is 9.33. The number of nitrogens with one attached hydrogen (secondary N) is 1. The molecule has 1 aromatic rings. The average Bonchev–Trinajstić information content (AvgIpc) is 3.11. The molecule has 102 valence electrons. The molecule has 0 spiro atoms. The number of hydrogen-bond donors (Lipinski definition) is 1. The Bertz CT molecular complexity index is 489. The Balaban J connectivity index is 1.53. The molecule has 3 nitrogen and oxygen atoms in total. The van der Waals surface area contributed by atoms with Gasteiger partial charge in [-0.2, -0.15) is 0 Å². The normalized spacial score (nSPS) is 33.3. The first-order valence-electron chi connectivity index (χ1n) is 7.00. The maximum atomic E-state index is 12.8. The molecule has 2 fully saturated rings. The van der Waals surface area contributed by atoms with Gasteiger partial charge in [0.05, 0.1) is 0 Å². The average molecular weight is 294 g/mol. The van der Waals surface area contributed by atoms with Gasteiger partial charge in [0.1, 0.15) is 5.25 Å². The number of hydrogen-bond acceptors (Lipinski definition) is 4. The van der Waals surface area contributed by atoms with Crippen LogP contribution < -0.4 is 5.32 Å². The number of likely N-dealkylation sites (tertiary alicyclic amines) is 1. The molecule has 19 heavy (non-hydrogen) atoms. The Morgan fingerprint density at radius 2 is 2.11 bits per heavy atom. The van der Waals surface area contributed by atoms with Crippen LogP contribution >= 0.6 is 23.1 Å².